The van der Waals surface area contributed by atoms with Gasteiger partial charge in [-0.25, -0.2) is 0 Å². The normalized spacial score (nSPS) is 10.8. The average Bonchev–Trinajstić information content (AvgIpc) is 3.07. The van der Waals surface area contributed by atoms with E-state index in [9.17, 15) is 9.59 Å². The van der Waals surface area contributed by atoms with Gasteiger partial charge in [0.1, 0.15) is 5.58 Å². The number of nitrogens with one attached hydrogen (secondary N) is 2. The molecule has 0 aliphatic rings. The molecule has 2 N–H and O–H groups in total. The molecule has 0 bridgehead atoms. The number of fused-ring (bicyclic) bond motifs is 1. The maximum atomic E-state index is 12.9. The van der Waals surface area contributed by atoms with E-state index >= 15 is 0 Å². The lowest BCUT2D eigenvalue weighted by Gasteiger charge is -2.13. The van der Waals surface area contributed by atoms with Gasteiger partial charge in [-0.1, -0.05) is 40.2 Å². The van der Waals surface area contributed by atoms with Crippen molar-refractivity contribution in [1.29, 1.82) is 0 Å². The molecule has 4 rings (SSSR count). The topological polar surface area (TPSA) is 71.3 Å². The van der Waals surface area contributed by atoms with E-state index in [4.69, 9.17) is 4.42 Å². The zero-order valence-electron chi connectivity index (χ0n) is 16.5. The predicted octanol–water partition coefficient (Wildman–Crippen LogP) is 6.32. The molecule has 30 heavy (non-hydrogen) atoms. The second kappa shape index (κ2) is 8.16. The first-order chi connectivity index (χ1) is 14.4. The summed E-state index contributed by atoms with van der Waals surface area (Å²) >= 11 is 3.44. The summed E-state index contributed by atoms with van der Waals surface area (Å²) in [6.45, 7) is 3.70. The molecule has 2 amide bonds. The minimum atomic E-state index is -0.338. The molecule has 3 aromatic carbocycles. The van der Waals surface area contributed by atoms with E-state index in [0.717, 1.165) is 21.0 Å². The highest BCUT2D eigenvalue weighted by atomic mass is 79.9. The first-order valence-corrected chi connectivity index (χ1v) is 10.2. The number of anilines is 2. The van der Waals surface area contributed by atoms with Gasteiger partial charge in [0, 0.05) is 32.4 Å². The summed E-state index contributed by atoms with van der Waals surface area (Å²) < 4.78 is 6.70. The van der Waals surface area contributed by atoms with Gasteiger partial charge < -0.3 is 15.1 Å². The van der Waals surface area contributed by atoms with Crippen LogP contribution < -0.4 is 10.6 Å². The highest BCUT2D eigenvalue weighted by Crippen LogP contribution is 2.30. The number of furan rings is 1. The Morgan fingerprint density at radius 1 is 0.800 bits per heavy atom. The first-order valence-electron chi connectivity index (χ1n) is 9.40. The molecular weight excluding hydrogens is 444 g/mol. The molecule has 150 valence electrons. The predicted molar refractivity (Wildman–Crippen MR) is 122 cm³/mol. The number of hydrogen-bond acceptors (Lipinski definition) is 3. The summed E-state index contributed by atoms with van der Waals surface area (Å²) in [6.07, 6.45) is 0. The van der Waals surface area contributed by atoms with E-state index in [1.54, 1.807) is 30.3 Å². The minimum absolute atomic E-state index is 0.208. The largest absolute Gasteiger partial charge is 0.451 e. The van der Waals surface area contributed by atoms with Crippen LogP contribution in [-0.4, -0.2) is 11.8 Å². The fourth-order valence-electron chi connectivity index (χ4n) is 3.28. The van der Waals surface area contributed by atoms with E-state index in [1.165, 1.54) is 0 Å². The maximum absolute atomic E-state index is 12.9. The Morgan fingerprint density at radius 3 is 2.17 bits per heavy atom. The quantitative estimate of drug-likeness (QED) is 0.372. The third-order valence-corrected chi connectivity index (χ3v) is 5.46. The Bertz CT molecular complexity index is 1260. The number of hydrogen-bond donors (Lipinski definition) is 2. The zero-order valence-corrected chi connectivity index (χ0v) is 18.0. The number of carbonyl (C=O) groups is 2. The molecule has 0 fully saturated rings. The molecule has 1 heterocycles. The fourth-order valence-corrected chi connectivity index (χ4v) is 3.64. The van der Waals surface area contributed by atoms with Crippen molar-refractivity contribution in [2.75, 3.05) is 10.6 Å². The van der Waals surface area contributed by atoms with Crippen LogP contribution in [0.25, 0.3) is 11.0 Å². The van der Waals surface area contributed by atoms with Crippen molar-refractivity contribution < 1.29 is 14.0 Å². The lowest BCUT2D eigenvalue weighted by Crippen LogP contribution is -2.16. The number of carbonyl (C=O) groups excluding carboxylic acids is 2. The van der Waals surface area contributed by atoms with Gasteiger partial charge in [-0.3, -0.25) is 9.59 Å². The van der Waals surface area contributed by atoms with Crippen molar-refractivity contribution in [1.82, 2.24) is 0 Å². The van der Waals surface area contributed by atoms with Gasteiger partial charge in [0.05, 0.1) is 0 Å². The summed E-state index contributed by atoms with van der Waals surface area (Å²) in [7, 11) is 0. The zero-order chi connectivity index (χ0) is 21.3. The second-order valence-electron chi connectivity index (χ2n) is 6.95. The summed E-state index contributed by atoms with van der Waals surface area (Å²) in [4.78, 5) is 25.4. The molecule has 1 aromatic heterocycles. The molecule has 0 radical (unpaired) electrons. The Hall–Kier alpha value is -3.38. The van der Waals surface area contributed by atoms with Crippen LogP contribution >= 0.6 is 15.9 Å². The number of benzene rings is 3. The van der Waals surface area contributed by atoms with Crippen LogP contribution in [0.1, 0.15) is 32.0 Å². The average molecular weight is 463 g/mol. The van der Waals surface area contributed by atoms with Gasteiger partial charge >= 0.3 is 0 Å². The number of amides is 2. The minimum Gasteiger partial charge on any atom is -0.451 e. The van der Waals surface area contributed by atoms with E-state index in [-0.39, 0.29) is 17.6 Å². The van der Waals surface area contributed by atoms with E-state index < -0.39 is 0 Å². The van der Waals surface area contributed by atoms with Crippen LogP contribution in [-0.2, 0) is 0 Å². The Balaban J connectivity index is 1.58. The Morgan fingerprint density at radius 2 is 1.47 bits per heavy atom. The molecule has 0 saturated carbocycles. The van der Waals surface area contributed by atoms with Crippen LogP contribution in [0.3, 0.4) is 0 Å². The van der Waals surface area contributed by atoms with Gasteiger partial charge in [-0.05, 0) is 61.9 Å². The molecule has 0 aliphatic carbocycles. The summed E-state index contributed by atoms with van der Waals surface area (Å²) in [5.41, 5.74) is 3.98. The molecule has 0 atom stereocenters. The van der Waals surface area contributed by atoms with Crippen molar-refractivity contribution in [3.8, 4) is 0 Å². The van der Waals surface area contributed by atoms with Crippen molar-refractivity contribution >= 4 is 50.1 Å². The van der Waals surface area contributed by atoms with Crippen molar-refractivity contribution in [2.45, 2.75) is 13.8 Å². The van der Waals surface area contributed by atoms with Crippen molar-refractivity contribution in [3.63, 3.8) is 0 Å². The first kappa shape index (κ1) is 19.9. The number of rotatable bonds is 4. The SMILES string of the molecule is Cc1c(NC(=O)c2ccccc2)cccc1NC(=O)c1oc2ccc(Br)cc2c1C. The number of aryl methyl sites for hydroxylation is 1. The van der Waals surface area contributed by atoms with E-state index in [1.807, 2.05) is 50.2 Å². The third kappa shape index (κ3) is 3.86. The van der Waals surface area contributed by atoms with Crippen molar-refractivity contribution in [3.05, 3.63) is 93.7 Å². The monoisotopic (exact) mass is 462 g/mol. The second-order valence-corrected chi connectivity index (χ2v) is 7.86. The van der Waals surface area contributed by atoms with Crippen LogP contribution in [0.2, 0.25) is 0 Å². The molecule has 6 heteroatoms. The Labute approximate surface area is 182 Å². The van der Waals surface area contributed by atoms with Crippen LogP contribution in [0.4, 0.5) is 11.4 Å². The smallest absolute Gasteiger partial charge is 0.291 e. The fraction of sp³-hybridized carbons (Fsp3) is 0.0833. The van der Waals surface area contributed by atoms with Crippen LogP contribution in [0.5, 0.6) is 0 Å². The summed E-state index contributed by atoms with van der Waals surface area (Å²) in [5.74, 6) is -0.281. The summed E-state index contributed by atoms with van der Waals surface area (Å²) in [5, 5.41) is 6.69. The van der Waals surface area contributed by atoms with Gasteiger partial charge in [0.15, 0.2) is 5.76 Å². The number of halogens is 1. The Kier molecular flexibility index (Phi) is 5.42. The molecular formula is C24H19BrN2O3. The maximum Gasteiger partial charge on any atom is 0.291 e. The van der Waals surface area contributed by atoms with Gasteiger partial charge in [-0.2, -0.15) is 0 Å². The molecule has 0 unspecified atom stereocenters. The van der Waals surface area contributed by atoms with E-state index in [2.05, 4.69) is 26.6 Å². The van der Waals surface area contributed by atoms with Crippen molar-refractivity contribution in [2.24, 2.45) is 0 Å². The molecule has 0 aliphatic heterocycles. The lowest BCUT2D eigenvalue weighted by molar-refractivity contribution is 0.0996. The van der Waals surface area contributed by atoms with Gasteiger partial charge in [0.2, 0.25) is 0 Å². The van der Waals surface area contributed by atoms with Gasteiger partial charge in [-0.15, -0.1) is 0 Å². The van der Waals surface area contributed by atoms with Crippen LogP contribution in [0, 0.1) is 13.8 Å². The highest BCUT2D eigenvalue weighted by Gasteiger charge is 2.19. The van der Waals surface area contributed by atoms with E-state index in [0.29, 0.717) is 22.5 Å². The molecule has 4 aromatic rings. The molecule has 0 spiro atoms. The van der Waals surface area contributed by atoms with Crippen LogP contribution in [0.15, 0.2) is 75.6 Å². The summed E-state index contributed by atoms with van der Waals surface area (Å²) in [6, 6.07) is 20.0. The highest BCUT2D eigenvalue weighted by molar-refractivity contribution is 9.10. The molecule has 5 nitrogen and oxygen atoms in total. The molecule has 0 saturated heterocycles. The van der Waals surface area contributed by atoms with Gasteiger partial charge in [0.25, 0.3) is 11.8 Å². The lowest BCUT2D eigenvalue weighted by atomic mass is 10.1. The standard InChI is InChI=1S/C24H19BrN2O3/c1-14-18-13-17(25)11-12-21(18)30-22(14)24(29)27-20-10-6-9-19(15(20)2)26-23(28)16-7-4-3-5-8-16/h3-13H,1-2H3,(H,26,28)(H,27,29). The third-order valence-electron chi connectivity index (χ3n) is 4.97.